The minimum Gasteiger partial charge on any atom is -0.446 e. The van der Waals surface area contributed by atoms with Gasteiger partial charge in [-0.15, -0.1) is 0 Å². The molecule has 0 radical (unpaired) electrons. The van der Waals surface area contributed by atoms with Gasteiger partial charge in [-0.25, -0.2) is 9.78 Å². The molecule has 2 aliphatic carbocycles. The van der Waals surface area contributed by atoms with E-state index >= 15 is 0 Å². The van der Waals surface area contributed by atoms with Crippen molar-refractivity contribution < 1.29 is 9.53 Å². The van der Waals surface area contributed by atoms with Gasteiger partial charge in [0.25, 0.3) is 0 Å². The van der Waals surface area contributed by atoms with Crippen LogP contribution in [-0.4, -0.2) is 21.7 Å². The summed E-state index contributed by atoms with van der Waals surface area (Å²) >= 11 is 6.15. The molecule has 1 amide bonds. The van der Waals surface area contributed by atoms with Crippen molar-refractivity contribution >= 4 is 34.3 Å². The molecule has 6 nitrogen and oxygen atoms in total. The van der Waals surface area contributed by atoms with Crippen molar-refractivity contribution in [2.75, 3.05) is 5.32 Å². The van der Waals surface area contributed by atoms with E-state index in [1.807, 2.05) is 55.5 Å². The summed E-state index contributed by atoms with van der Waals surface area (Å²) in [7, 11) is 0. The number of hydrogen-bond donors (Lipinski definition) is 1. The van der Waals surface area contributed by atoms with E-state index < -0.39 is 6.09 Å². The third-order valence-corrected chi connectivity index (χ3v) is 7.76. The second kappa shape index (κ2) is 9.57. The largest absolute Gasteiger partial charge is 0.446 e. The van der Waals surface area contributed by atoms with E-state index in [9.17, 15) is 10.1 Å². The number of aromatic nitrogens is 2. The molecule has 2 aliphatic rings. The number of nitrogens with one attached hydrogen (secondary N) is 1. The fourth-order valence-electron chi connectivity index (χ4n) is 5.15. The smallest absolute Gasteiger partial charge is 0.411 e. The molecule has 0 bridgehead atoms. The first-order valence-electron chi connectivity index (χ1n) is 12.8. The van der Waals surface area contributed by atoms with Gasteiger partial charge in [-0.1, -0.05) is 41.9 Å². The number of ether oxygens (including phenoxy) is 1. The highest BCUT2D eigenvalue weighted by molar-refractivity contribution is 6.29. The molecule has 0 unspecified atom stereocenters. The Kier molecular flexibility index (Phi) is 6.10. The Labute approximate surface area is 220 Å². The van der Waals surface area contributed by atoms with E-state index in [2.05, 4.69) is 27.0 Å². The zero-order valence-corrected chi connectivity index (χ0v) is 21.3. The van der Waals surface area contributed by atoms with Crippen LogP contribution in [-0.2, 0) is 4.74 Å². The molecule has 2 aromatic heterocycles. The number of anilines is 1. The summed E-state index contributed by atoms with van der Waals surface area (Å²) in [6.07, 6.45) is 5.06. The molecule has 7 heteroatoms. The third kappa shape index (κ3) is 4.56. The molecule has 37 heavy (non-hydrogen) atoms. The Morgan fingerprint density at radius 1 is 1.11 bits per heavy atom. The molecule has 2 heterocycles. The van der Waals surface area contributed by atoms with Gasteiger partial charge in [-0.3, -0.25) is 5.32 Å². The van der Waals surface area contributed by atoms with Gasteiger partial charge < -0.3 is 9.30 Å². The van der Waals surface area contributed by atoms with Crippen LogP contribution in [0.2, 0.25) is 5.15 Å². The lowest BCUT2D eigenvalue weighted by atomic mass is 9.92. The van der Waals surface area contributed by atoms with E-state index in [-0.39, 0.29) is 6.10 Å². The molecule has 2 saturated carbocycles. The van der Waals surface area contributed by atoms with E-state index in [1.54, 1.807) is 6.07 Å². The van der Waals surface area contributed by atoms with E-state index in [0.29, 0.717) is 28.4 Å². The number of nitriles is 1. The fourth-order valence-corrected chi connectivity index (χ4v) is 5.31. The number of hydrogen-bond acceptors (Lipinski definition) is 4. The highest BCUT2D eigenvalue weighted by Crippen LogP contribution is 2.43. The average Bonchev–Trinajstić information content (AvgIpc) is 3.67. The molecule has 2 fully saturated rings. The summed E-state index contributed by atoms with van der Waals surface area (Å²) in [6, 6.07) is 22.2. The van der Waals surface area contributed by atoms with Gasteiger partial charge in [0.1, 0.15) is 17.3 Å². The highest BCUT2D eigenvalue weighted by atomic mass is 35.5. The molecule has 0 saturated heterocycles. The molecule has 4 aromatic rings. The molecule has 186 valence electrons. The minimum atomic E-state index is -0.435. The Morgan fingerprint density at radius 3 is 2.51 bits per heavy atom. The topological polar surface area (TPSA) is 79.9 Å². The summed E-state index contributed by atoms with van der Waals surface area (Å²) in [6.45, 7) is 1.94. The van der Waals surface area contributed by atoms with Crippen LogP contribution in [0.3, 0.4) is 0 Å². The number of fused-ring (bicyclic) bond motifs is 1. The van der Waals surface area contributed by atoms with Gasteiger partial charge in [-0.2, -0.15) is 5.26 Å². The highest BCUT2D eigenvalue weighted by Gasteiger charge is 2.31. The molecule has 6 rings (SSSR count). The van der Waals surface area contributed by atoms with Crippen molar-refractivity contribution in [3.05, 3.63) is 71.4 Å². The van der Waals surface area contributed by atoms with Gasteiger partial charge in [0, 0.05) is 22.7 Å². The summed E-state index contributed by atoms with van der Waals surface area (Å²) in [4.78, 5) is 16.8. The van der Waals surface area contributed by atoms with Crippen LogP contribution in [0, 0.1) is 17.2 Å². The first kappa shape index (κ1) is 23.6. The van der Waals surface area contributed by atoms with Crippen molar-refractivity contribution in [1.82, 2.24) is 9.55 Å². The molecule has 1 atom stereocenters. The predicted molar refractivity (Wildman–Crippen MR) is 146 cm³/mol. The van der Waals surface area contributed by atoms with Crippen LogP contribution in [0.15, 0.2) is 60.7 Å². The van der Waals surface area contributed by atoms with Crippen LogP contribution < -0.4 is 5.32 Å². The van der Waals surface area contributed by atoms with Crippen LogP contribution in [0.1, 0.15) is 50.6 Å². The monoisotopic (exact) mass is 510 g/mol. The summed E-state index contributed by atoms with van der Waals surface area (Å²) in [5.41, 5.74) is 5.95. The Hall–Kier alpha value is -3.82. The number of rotatable bonds is 6. The fraction of sp³-hybridized carbons (Fsp3) is 0.300. The molecule has 2 aromatic carbocycles. The maximum Gasteiger partial charge on any atom is 0.411 e. The zero-order valence-electron chi connectivity index (χ0n) is 20.6. The number of carbonyl (C=O) groups excluding carboxylic acids is 1. The van der Waals surface area contributed by atoms with Gasteiger partial charge >= 0.3 is 6.09 Å². The Balaban J connectivity index is 1.38. The molecule has 0 aliphatic heterocycles. The summed E-state index contributed by atoms with van der Waals surface area (Å²) in [5, 5.41) is 14.4. The van der Waals surface area contributed by atoms with Crippen molar-refractivity contribution in [3.8, 4) is 28.6 Å². The Morgan fingerprint density at radius 2 is 1.86 bits per heavy atom. The van der Waals surface area contributed by atoms with Crippen LogP contribution in [0.4, 0.5) is 10.5 Å². The number of benzene rings is 2. The lowest BCUT2D eigenvalue weighted by Gasteiger charge is -2.30. The van der Waals surface area contributed by atoms with E-state index in [1.165, 1.54) is 6.42 Å². The molecule has 1 N–H and O–H groups in total. The zero-order chi connectivity index (χ0) is 25.5. The molecular formula is C30H27ClN4O2. The van der Waals surface area contributed by atoms with Gasteiger partial charge in [0.2, 0.25) is 0 Å². The number of amides is 1. The number of halogens is 1. The SMILES string of the molecule is C[C@@H](OC(=O)Nc1ccc(-c2c(C#N)c3ccc(-c4cccc(Cl)n4)cc3n2C2CCC2)cc1)C1CC1. The average molecular weight is 511 g/mol. The van der Waals surface area contributed by atoms with Crippen LogP contribution in [0.5, 0.6) is 0 Å². The quantitative estimate of drug-likeness (QED) is 0.267. The van der Waals surface area contributed by atoms with Crippen LogP contribution in [0.25, 0.3) is 33.4 Å². The lowest BCUT2D eigenvalue weighted by Crippen LogP contribution is -2.21. The third-order valence-electron chi connectivity index (χ3n) is 7.55. The number of carbonyl (C=O) groups is 1. The number of nitrogens with zero attached hydrogens (tertiary/aromatic N) is 3. The summed E-state index contributed by atoms with van der Waals surface area (Å²) in [5.74, 6) is 0.487. The summed E-state index contributed by atoms with van der Waals surface area (Å²) < 4.78 is 7.81. The van der Waals surface area contributed by atoms with Crippen molar-refractivity contribution in [1.29, 1.82) is 5.26 Å². The Bertz CT molecular complexity index is 1530. The van der Waals surface area contributed by atoms with Gasteiger partial charge in [-0.05, 0) is 80.8 Å². The normalized spacial score (nSPS) is 16.1. The molecule has 0 spiro atoms. The van der Waals surface area contributed by atoms with E-state index in [4.69, 9.17) is 16.3 Å². The van der Waals surface area contributed by atoms with E-state index in [0.717, 1.165) is 59.1 Å². The maximum absolute atomic E-state index is 12.3. The second-order valence-corrected chi connectivity index (χ2v) is 10.4. The van der Waals surface area contributed by atoms with Gasteiger partial charge in [0.15, 0.2) is 0 Å². The lowest BCUT2D eigenvalue weighted by molar-refractivity contribution is 0.108. The predicted octanol–water partition coefficient (Wildman–Crippen LogP) is 7.97. The molecular weight excluding hydrogens is 484 g/mol. The first-order chi connectivity index (χ1) is 18.0. The first-order valence-corrected chi connectivity index (χ1v) is 13.2. The second-order valence-electron chi connectivity index (χ2n) is 10.0. The van der Waals surface area contributed by atoms with Crippen LogP contribution >= 0.6 is 11.6 Å². The number of pyridine rings is 1. The van der Waals surface area contributed by atoms with Crippen molar-refractivity contribution in [2.45, 2.75) is 51.2 Å². The standard InChI is InChI=1S/C30H27ClN4O2/c1-18(19-8-9-19)37-30(36)33-22-13-10-20(11-14-22)29-25(17-32)24-15-12-21(26-6-3-7-28(31)34-26)16-27(24)35(29)23-4-2-5-23/h3,6-7,10-16,18-19,23H,2,4-5,8-9H2,1H3,(H,33,36)/t18-/m1/s1. The van der Waals surface area contributed by atoms with Crippen molar-refractivity contribution in [3.63, 3.8) is 0 Å². The van der Waals surface area contributed by atoms with Gasteiger partial charge in [0.05, 0.1) is 22.5 Å². The minimum absolute atomic E-state index is 0.0670. The van der Waals surface area contributed by atoms with Crippen molar-refractivity contribution in [2.24, 2.45) is 5.92 Å². The maximum atomic E-state index is 12.3.